The molecule has 0 spiro atoms. The molecule has 1 atom stereocenters. The van der Waals surface area contributed by atoms with Gasteiger partial charge < -0.3 is 14.6 Å². The number of halogens is 3. The van der Waals surface area contributed by atoms with Gasteiger partial charge in [-0.3, -0.25) is 9.78 Å². The van der Waals surface area contributed by atoms with Crippen molar-refractivity contribution in [3.05, 3.63) is 77.1 Å². The van der Waals surface area contributed by atoms with Crippen LogP contribution in [0.1, 0.15) is 65.9 Å². The van der Waals surface area contributed by atoms with Crippen LogP contribution >= 0.6 is 0 Å². The number of carbonyl (C=O) groups excluding carboxylic acids is 1. The number of benzene rings is 1. The first-order valence-electron chi connectivity index (χ1n) is 13.3. The third-order valence-electron chi connectivity index (χ3n) is 7.98. The summed E-state index contributed by atoms with van der Waals surface area (Å²) in [4.78, 5) is 27.6. The zero-order valence-corrected chi connectivity index (χ0v) is 24.8. The number of alkyl halides is 3. The molecule has 1 N–H and O–H groups in total. The molecule has 11 heteroatoms. The third kappa shape index (κ3) is 6.69. The average Bonchev–Trinajstić information content (AvgIpc) is 3.37. The van der Waals surface area contributed by atoms with Crippen LogP contribution in [0, 0.1) is 6.92 Å². The molecular weight excluding hydrogens is 535 g/mol. The van der Waals surface area contributed by atoms with E-state index in [0.717, 1.165) is 54.3 Å². The van der Waals surface area contributed by atoms with Gasteiger partial charge in [-0.1, -0.05) is 26.8 Å². The number of nitrogens with one attached hydrogen (secondary N) is 1. The van der Waals surface area contributed by atoms with E-state index in [4.69, 9.17) is 4.43 Å². The molecule has 1 saturated heterocycles. The summed E-state index contributed by atoms with van der Waals surface area (Å²) in [5.74, 6) is -0.323. The molecule has 2 aromatic heterocycles. The molecule has 40 heavy (non-hydrogen) atoms. The summed E-state index contributed by atoms with van der Waals surface area (Å²) in [6.45, 7) is 15.0. The normalized spacial score (nSPS) is 16.3. The zero-order chi connectivity index (χ0) is 29.3. The van der Waals surface area contributed by atoms with Crippen molar-refractivity contribution < 1.29 is 22.4 Å². The first-order chi connectivity index (χ1) is 18.7. The number of aryl methyl sites for hydroxylation is 1. The molecule has 0 aliphatic carbocycles. The molecule has 1 aromatic carbocycles. The smallest absolute Gasteiger partial charge is 0.411 e. The molecule has 1 aliphatic rings. The quantitative estimate of drug-likeness (QED) is 0.309. The molecule has 3 heterocycles. The van der Waals surface area contributed by atoms with Gasteiger partial charge in [-0.15, -0.1) is 0 Å². The SMILES string of the molecule is Cc1ccc(C(=O)Nc2cncc(C(F)(F)F)c2)cc1C1CCN(c2cncnc2CO[Si](C)(C)C(C)(C)C)C1. The van der Waals surface area contributed by atoms with E-state index < -0.39 is 26.0 Å². The Kier molecular flexibility index (Phi) is 8.37. The fraction of sp³-hybridized carbons (Fsp3) is 0.448. The van der Waals surface area contributed by atoms with E-state index in [0.29, 0.717) is 12.2 Å². The van der Waals surface area contributed by atoms with Gasteiger partial charge in [-0.25, -0.2) is 9.97 Å². The molecule has 214 valence electrons. The minimum absolute atomic E-state index is 0.00878. The van der Waals surface area contributed by atoms with Crippen LogP contribution in [0.25, 0.3) is 0 Å². The fourth-order valence-corrected chi connectivity index (χ4v) is 5.44. The molecule has 1 amide bonds. The maximum atomic E-state index is 13.1. The maximum Gasteiger partial charge on any atom is 0.417 e. The first-order valence-corrected chi connectivity index (χ1v) is 16.2. The highest BCUT2D eigenvalue weighted by molar-refractivity contribution is 6.74. The number of nitrogens with zero attached hydrogens (tertiary/aromatic N) is 4. The second kappa shape index (κ2) is 11.3. The van der Waals surface area contributed by atoms with Gasteiger partial charge in [-0.2, -0.15) is 13.2 Å². The zero-order valence-electron chi connectivity index (χ0n) is 23.8. The Hall–Kier alpha value is -3.31. The van der Waals surface area contributed by atoms with E-state index in [2.05, 4.69) is 59.0 Å². The first kappa shape index (κ1) is 29.7. The lowest BCUT2D eigenvalue weighted by atomic mass is 9.92. The van der Waals surface area contributed by atoms with Crippen LogP contribution in [0.4, 0.5) is 24.5 Å². The highest BCUT2D eigenvalue weighted by Gasteiger charge is 2.38. The minimum atomic E-state index is -4.54. The van der Waals surface area contributed by atoms with Crippen LogP contribution in [-0.4, -0.2) is 42.3 Å². The van der Waals surface area contributed by atoms with Crippen LogP contribution in [0.15, 0.2) is 49.2 Å². The van der Waals surface area contributed by atoms with E-state index in [-0.39, 0.29) is 16.6 Å². The molecule has 0 bridgehead atoms. The van der Waals surface area contributed by atoms with Gasteiger partial charge >= 0.3 is 6.18 Å². The van der Waals surface area contributed by atoms with Gasteiger partial charge in [0.05, 0.1) is 41.6 Å². The van der Waals surface area contributed by atoms with Crippen LogP contribution in [0.2, 0.25) is 18.1 Å². The van der Waals surface area contributed by atoms with Crippen molar-refractivity contribution in [1.82, 2.24) is 15.0 Å². The molecule has 4 rings (SSSR count). The number of rotatable bonds is 7. The lowest BCUT2D eigenvalue weighted by molar-refractivity contribution is -0.137. The average molecular weight is 572 g/mol. The van der Waals surface area contributed by atoms with E-state index in [1.54, 1.807) is 12.4 Å². The number of amides is 1. The Bertz CT molecular complexity index is 1370. The lowest BCUT2D eigenvalue weighted by Gasteiger charge is -2.36. The van der Waals surface area contributed by atoms with Crippen LogP contribution < -0.4 is 10.2 Å². The molecule has 1 fully saturated rings. The van der Waals surface area contributed by atoms with Crippen molar-refractivity contribution in [3.63, 3.8) is 0 Å². The summed E-state index contributed by atoms with van der Waals surface area (Å²) >= 11 is 0. The maximum absolute atomic E-state index is 13.1. The Labute approximate surface area is 234 Å². The predicted molar refractivity (Wildman–Crippen MR) is 152 cm³/mol. The van der Waals surface area contributed by atoms with Gasteiger partial charge in [0, 0.05) is 30.8 Å². The standard InChI is InChI=1S/C29H36F3N5O2Si/c1-19-7-8-20(27(38)36-23-12-22(13-33-14-23)29(30,31)32)11-24(19)21-9-10-37(16-21)26-15-34-18-35-25(26)17-39-40(5,6)28(2,3)4/h7-8,11-15,18,21H,9-10,16-17H2,1-6H3,(H,36,38). The van der Waals surface area contributed by atoms with E-state index in [1.807, 2.05) is 25.3 Å². The second-order valence-electron chi connectivity index (χ2n) is 11.8. The monoisotopic (exact) mass is 571 g/mol. The summed E-state index contributed by atoms with van der Waals surface area (Å²) in [7, 11) is -1.96. The summed E-state index contributed by atoms with van der Waals surface area (Å²) in [5.41, 5.74) is 3.35. The molecule has 0 saturated carbocycles. The summed E-state index contributed by atoms with van der Waals surface area (Å²) in [6, 6.07) is 6.27. The van der Waals surface area contributed by atoms with Crippen molar-refractivity contribution in [2.45, 2.75) is 70.9 Å². The minimum Gasteiger partial charge on any atom is -0.411 e. The summed E-state index contributed by atoms with van der Waals surface area (Å²) in [5, 5.41) is 2.64. The largest absolute Gasteiger partial charge is 0.417 e. The number of anilines is 2. The lowest BCUT2D eigenvalue weighted by Crippen LogP contribution is -2.40. The Morgan fingerprint density at radius 1 is 1.12 bits per heavy atom. The number of aromatic nitrogens is 3. The molecular formula is C29H36F3N5O2Si. The second-order valence-corrected chi connectivity index (χ2v) is 16.6. The van der Waals surface area contributed by atoms with E-state index >= 15 is 0 Å². The predicted octanol–water partition coefficient (Wildman–Crippen LogP) is 6.97. The highest BCUT2D eigenvalue weighted by Crippen LogP contribution is 2.38. The molecule has 3 aromatic rings. The van der Waals surface area contributed by atoms with Crippen molar-refractivity contribution in [2.24, 2.45) is 0 Å². The molecule has 7 nitrogen and oxygen atoms in total. The van der Waals surface area contributed by atoms with Crippen LogP contribution in [-0.2, 0) is 17.2 Å². The van der Waals surface area contributed by atoms with Crippen LogP contribution in [0.5, 0.6) is 0 Å². The summed E-state index contributed by atoms with van der Waals surface area (Å²) < 4.78 is 45.6. The van der Waals surface area contributed by atoms with Crippen molar-refractivity contribution in [3.8, 4) is 0 Å². The Morgan fingerprint density at radius 3 is 2.58 bits per heavy atom. The van der Waals surface area contributed by atoms with Gasteiger partial charge in [0.1, 0.15) is 6.33 Å². The van der Waals surface area contributed by atoms with Gasteiger partial charge in [-0.05, 0) is 60.8 Å². The van der Waals surface area contributed by atoms with Crippen molar-refractivity contribution in [2.75, 3.05) is 23.3 Å². The van der Waals surface area contributed by atoms with Crippen molar-refractivity contribution >= 4 is 25.6 Å². The van der Waals surface area contributed by atoms with Gasteiger partial charge in [0.25, 0.3) is 5.91 Å². The van der Waals surface area contributed by atoms with Crippen molar-refractivity contribution in [1.29, 1.82) is 0 Å². The van der Waals surface area contributed by atoms with Gasteiger partial charge in [0.2, 0.25) is 0 Å². The number of hydrogen-bond donors (Lipinski definition) is 1. The summed E-state index contributed by atoms with van der Waals surface area (Å²) in [6.07, 6.45) is 1.65. The fourth-order valence-electron chi connectivity index (χ4n) is 4.51. The third-order valence-corrected chi connectivity index (χ3v) is 12.5. The number of hydrogen-bond acceptors (Lipinski definition) is 6. The van der Waals surface area contributed by atoms with Crippen LogP contribution in [0.3, 0.4) is 0 Å². The molecule has 1 unspecified atom stereocenters. The number of carbonyl (C=O) groups is 1. The topological polar surface area (TPSA) is 80.2 Å². The molecule has 1 aliphatic heterocycles. The van der Waals surface area contributed by atoms with E-state index in [1.165, 1.54) is 6.20 Å². The molecule has 0 radical (unpaired) electrons. The van der Waals surface area contributed by atoms with E-state index in [9.17, 15) is 18.0 Å². The number of pyridine rings is 1. The Balaban J connectivity index is 1.49. The Morgan fingerprint density at radius 2 is 1.88 bits per heavy atom. The highest BCUT2D eigenvalue weighted by atomic mass is 28.4. The van der Waals surface area contributed by atoms with Gasteiger partial charge in [0.15, 0.2) is 8.32 Å².